The number of nitrogen functional groups attached to an aromatic ring is 1. The van der Waals surface area contributed by atoms with Crippen molar-refractivity contribution in [2.24, 2.45) is 0 Å². The van der Waals surface area contributed by atoms with Crippen molar-refractivity contribution in [3.63, 3.8) is 0 Å². The number of nitrogens with two attached hydrogens (primary N) is 1. The van der Waals surface area contributed by atoms with Crippen LogP contribution >= 0.6 is 0 Å². The molecule has 4 heterocycles. The standard InChI is InChI=1S/C27H28N8O/c1-20-11-16-34(23-19-22(31-32-27(23)28)21-7-2-3-8-24(21)36)17-18-35(20)26-10-12-29-25(30-26)9-6-15-33-13-4-5-14-33/h2-5,7-8,10,12-14,19-20,36H,11,15-18H2,1H3,(H2,28,32)/t20-/m1/s1. The fraction of sp³-hybridized carbons (Fsp3) is 0.259. The molecule has 0 bridgehead atoms. The van der Waals surface area contributed by atoms with E-state index in [0.717, 1.165) is 37.6 Å². The lowest BCUT2D eigenvalue weighted by Gasteiger charge is -2.28. The predicted octanol–water partition coefficient (Wildman–Crippen LogP) is 3.18. The lowest BCUT2D eigenvalue weighted by atomic mass is 10.1. The van der Waals surface area contributed by atoms with Gasteiger partial charge in [-0.3, -0.25) is 0 Å². The number of aromatic hydroxyl groups is 1. The maximum atomic E-state index is 10.3. The van der Waals surface area contributed by atoms with E-state index in [1.807, 2.05) is 53.4 Å². The van der Waals surface area contributed by atoms with Gasteiger partial charge in [-0.1, -0.05) is 18.1 Å². The van der Waals surface area contributed by atoms with Crippen LogP contribution in [0.5, 0.6) is 5.75 Å². The Balaban J connectivity index is 1.33. The SMILES string of the molecule is C[C@@H]1CCN(c2cc(-c3ccccc3O)nnc2N)CCN1c1ccnc(C#CCn2cccc2)n1. The molecular formula is C27H28N8O. The van der Waals surface area contributed by atoms with Crippen LogP contribution in [-0.4, -0.2) is 55.5 Å². The van der Waals surface area contributed by atoms with Crippen LogP contribution in [0.3, 0.4) is 0 Å². The molecule has 3 aromatic heterocycles. The number of anilines is 3. The Labute approximate surface area is 210 Å². The van der Waals surface area contributed by atoms with Gasteiger partial charge in [-0.15, -0.1) is 10.2 Å². The van der Waals surface area contributed by atoms with Crippen LogP contribution < -0.4 is 15.5 Å². The van der Waals surface area contributed by atoms with Crippen molar-refractivity contribution < 1.29 is 5.11 Å². The second-order valence-corrected chi connectivity index (χ2v) is 8.73. The Kier molecular flexibility index (Phi) is 6.67. The predicted molar refractivity (Wildman–Crippen MR) is 141 cm³/mol. The lowest BCUT2D eigenvalue weighted by molar-refractivity contribution is 0.477. The summed E-state index contributed by atoms with van der Waals surface area (Å²) in [5.74, 6) is 8.12. The summed E-state index contributed by atoms with van der Waals surface area (Å²) >= 11 is 0. The van der Waals surface area contributed by atoms with Gasteiger partial charge in [-0.25, -0.2) is 9.97 Å². The van der Waals surface area contributed by atoms with Gasteiger partial charge >= 0.3 is 0 Å². The monoisotopic (exact) mass is 480 g/mol. The second kappa shape index (κ2) is 10.4. The summed E-state index contributed by atoms with van der Waals surface area (Å²) in [5.41, 5.74) is 8.27. The lowest BCUT2D eigenvalue weighted by Crippen LogP contribution is -2.35. The van der Waals surface area contributed by atoms with Gasteiger partial charge in [0, 0.05) is 49.8 Å². The van der Waals surface area contributed by atoms with E-state index in [1.165, 1.54) is 0 Å². The van der Waals surface area contributed by atoms with Crippen molar-refractivity contribution in [3.05, 3.63) is 72.9 Å². The molecule has 0 aliphatic carbocycles. The minimum Gasteiger partial charge on any atom is -0.507 e. The zero-order valence-corrected chi connectivity index (χ0v) is 20.1. The van der Waals surface area contributed by atoms with Crippen LogP contribution in [0.25, 0.3) is 11.3 Å². The minimum absolute atomic E-state index is 0.161. The van der Waals surface area contributed by atoms with E-state index in [2.05, 4.69) is 43.7 Å². The van der Waals surface area contributed by atoms with Gasteiger partial charge in [0.15, 0.2) is 5.82 Å². The number of aromatic nitrogens is 5. The summed E-state index contributed by atoms with van der Waals surface area (Å²) in [7, 11) is 0. The van der Waals surface area contributed by atoms with Crippen molar-refractivity contribution in [1.29, 1.82) is 0 Å². The van der Waals surface area contributed by atoms with E-state index < -0.39 is 0 Å². The molecule has 0 saturated carbocycles. The Hall–Kier alpha value is -4.58. The van der Waals surface area contributed by atoms with E-state index in [0.29, 0.717) is 29.4 Å². The molecule has 1 saturated heterocycles. The largest absolute Gasteiger partial charge is 0.507 e. The maximum absolute atomic E-state index is 10.3. The quantitative estimate of drug-likeness (QED) is 0.429. The number of phenolic OH excluding ortho intramolecular Hbond substituents is 1. The molecule has 1 aliphatic rings. The zero-order valence-electron chi connectivity index (χ0n) is 20.1. The van der Waals surface area contributed by atoms with Crippen molar-refractivity contribution >= 4 is 17.3 Å². The first kappa shape index (κ1) is 23.2. The molecule has 9 heteroatoms. The molecule has 9 nitrogen and oxygen atoms in total. The van der Waals surface area contributed by atoms with Crippen molar-refractivity contribution in [2.75, 3.05) is 35.2 Å². The van der Waals surface area contributed by atoms with Crippen molar-refractivity contribution in [2.45, 2.75) is 25.9 Å². The molecule has 1 atom stereocenters. The van der Waals surface area contributed by atoms with Crippen LogP contribution in [0, 0.1) is 11.8 Å². The van der Waals surface area contributed by atoms with Gasteiger partial charge in [0.05, 0.1) is 17.9 Å². The van der Waals surface area contributed by atoms with Crippen LogP contribution in [0.2, 0.25) is 0 Å². The molecule has 1 aromatic carbocycles. The maximum Gasteiger partial charge on any atom is 0.206 e. The summed E-state index contributed by atoms with van der Waals surface area (Å²) in [4.78, 5) is 13.6. The molecule has 0 amide bonds. The first-order chi connectivity index (χ1) is 17.6. The van der Waals surface area contributed by atoms with E-state index in [-0.39, 0.29) is 11.8 Å². The highest BCUT2D eigenvalue weighted by Crippen LogP contribution is 2.32. The summed E-state index contributed by atoms with van der Waals surface area (Å²) < 4.78 is 2.01. The third-order valence-corrected chi connectivity index (χ3v) is 6.34. The number of benzene rings is 1. The number of phenols is 1. The van der Waals surface area contributed by atoms with E-state index in [4.69, 9.17) is 10.7 Å². The van der Waals surface area contributed by atoms with Gasteiger partial charge in [-0.2, -0.15) is 0 Å². The van der Waals surface area contributed by atoms with Gasteiger partial charge in [0.25, 0.3) is 0 Å². The number of nitrogens with zero attached hydrogens (tertiary/aromatic N) is 7. The number of para-hydroxylation sites is 1. The fourth-order valence-electron chi connectivity index (χ4n) is 4.36. The highest BCUT2D eigenvalue weighted by molar-refractivity contribution is 5.74. The average molecular weight is 481 g/mol. The fourth-order valence-corrected chi connectivity index (χ4v) is 4.36. The highest BCUT2D eigenvalue weighted by Gasteiger charge is 2.24. The van der Waals surface area contributed by atoms with Gasteiger partial charge in [0.1, 0.15) is 11.6 Å². The Morgan fingerprint density at radius 1 is 1.06 bits per heavy atom. The zero-order chi connectivity index (χ0) is 24.9. The van der Waals surface area contributed by atoms with Gasteiger partial charge in [0.2, 0.25) is 5.82 Å². The molecule has 0 spiro atoms. The smallest absolute Gasteiger partial charge is 0.206 e. The highest BCUT2D eigenvalue weighted by atomic mass is 16.3. The minimum atomic E-state index is 0.161. The number of hydrogen-bond donors (Lipinski definition) is 2. The first-order valence-corrected chi connectivity index (χ1v) is 11.9. The summed E-state index contributed by atoms with van der Waals surface area (Å²) in [6.45, 7) is 5.09. The molecule has 1 fully saturated rings. The molecule has 36 heavy (non-hydrogen) atoms. The average Bonchev–Trinajstić information content (AvgIpc) is 3.33. The molecular weight excluding hydrogens is 452 g/mol. The Morgan fingerprint density at radius 2 is 1.89 bits per heavy atom. The van der Waals surface area contributed by atoms with Crippen LogP contribution in [0.15, 0.2) is 67.1 Å². The van der Waals surface area contributed by atoms with Crippen LogP contribution in [0.4, 0.5) is 17.3 Å². The third-order valence-electron chi connectivity index (χ3n) is 6.34. The van der Waals surface area contributed by atoms with E-state index >= 15 is 0 Å². The molecule has 182 valence electrons. The van der Waals surface area contributed by atoms with E-state index in [9.17, 15) is 5.11 Å². The second-order valence-electron chi connectivity index (χ2n) is 8.73. The first-order valence-electron chi connectivity index (χ1n) is 11.9. The van der Waals surface area contributed by atoms with E-state index in [1.54, 1.807) is 18.3 Å². The summed E-state index contributed by atoms with van der Waals surface area (Å²) in [6, 6.07) is 15.2. The molecule has 1 aliphatic heterocycles. The molecule has 5 rings (SSSR count). The molecule has 0 radical (unpaired) electrons. The van der Waals surface area contributed by atoms with Crippen molar-refractivity contribution in [3.8, 4) is 28.8 Å². The normalized spacial score (nSPS) is 15.8. The molecule has 3 N–H and O–H groups in total. The van der Waals surface area contributed by atoms with Gasteiger partial charge < -0.3 is 25.2 Å². The topological polar surface area (TPSA) is 109 Å². The number of rotatable bonds is 4. The molecule has 0 unspecified atom stereocenters. The summed E-state index contributed by atoms with van der Waals surface area (Å²) in [5, 5.41) is 18.7. The van der Waals surface area contributed by atoms with Crippen LogP contribution in [-0.2, 0) is 6.54 Å². The molecule has 4 aromatic rings. The Bertz CT molecular complexity index is 1390. The Morgan fingerprint density at radius 3 is 2.72 bits per heavy atom. The van der Waals surface area contributed by atoms with Gasteiger partial charge in [-0.05, 0) is 55.7 Å². The third kappa shape index (κ3) is 5.08. The summed E-state index contributed by atoms with van der Waals surface area (Å²) in [6.07, 6.45) is 6.63. The van der Waals surface area contributed by atoms with Crippen LogP contribution in [0.1, 0.15) is 19.2 Å². The number of hydrogen-bond acceptors (Lipinski definition) is 8. The van der Waals surface area contributed by atoms with Crippen molar-refractivity contribution in [1.82, 2.24) is 24.7 Å².